The molecule has 2 fully saturated rings. The first-order valence-electron chi connectivity index (χ1n) is 11.0. The molecule has 32 heavy (non-hydrogen) atoms. The Morgan fingerprint density at radius 2 is 2.00 bits per heavy atom. The summed E-state index contributed by atoms with van der Waals surface area (Å²) in [6.45, 7) is 4.69. The summed E-state index contributed by atoms with van der Waals surface area (Å²) in [7, 11) is 0. The third-order valence-electron chi connectivity index (χ3n) is 7.04. The molecule has 11 nitrogen and oxygen atoms in total. The maximum atomic E-state index is 13.3. The largest absolute Gasteiger partial charge is 0.456 e. The van der Waals surface area contributed by atoms with Gasteiger partial charge in [-0.3, -0.25) is 4.79 Å². The van der Waals surface area contributed by atoms with Crippen molar-refractivity contribution in [3.63, 3.8) is 0 Å². The molecular formula is C21H26N8O3. The Kier molecular flexibility index (Phi) is 5.20. The number of carbonyl (C=O) groups is 2. The summed E-state index contributed by atoms with van der Waals surface area (Å²) in [5, 5.41) is 23.2. The fourth-order valence-electron chi connectivity index (χ4n) is 5.02. The minimum absolute atomic E-state index is 0.0368. The van der Waals surface area contributed by atoms with Crippen molar-refractivity contribution in [3.05, 3.63) is 35.4 Å². The first kappa shape index (κ1) is 20.7. The van der Waals surface area contributed by atoms with E-state index in [9.17, 15) is 9.59 Å². The van der Waals surface area contributed by atoms with Gasteiger partial charge in [0.1, 0.15) is 12.9 Å². The van der Waals surface area contributed by atoms with Crippen LogP contribution in [-0.2, 0) is 14.3 Å². The molecule has 0 radical (unpaired) electrons. The van der Waals surface area contributed by atoms with E-state index in [1.165, 1.54) is 11.0 Å². The fourth-order valence-corrected chi connectivity index (χ4v) is 5.02. The lowest BCUT2D eigenvalue weighted by Gasteiger charge is -2.37. The Morgan fingerprint density at radius 3 is 2.62 bits per heavy atom. The highest BCUT2D eigenvalue weighted by Crippen LogP contribution is 2.46. The Labute approximate surface area is 185 Å². The fraction of sp³-hybridized carbons (Fsp3) is 0.571. The van der Waals surface area contributed by atoms with E-state index in [1.54, 1.807) is 11.8 Å². The minimum atomic E-state index is -0.315. The van der Waals surface area contributed by atoms with Crippen LogP contribution in [0.5, 0.6) is 0 Å². The zero-order valence-corrected chi connectivity index (χ0v) is 18.2. The quantitative estimate of drug-likeness (QED) is 0.682. The number of amides is 1. The van der Waals surface area contributed by atoms with E-state index in [1.807, 2.05) is 12.1 Å². The van der Waals surface area contributed by atoms with Crippen molar-refractivity contribution in [1.29, 1.82) is 0 Å². The van der Waals surface area contributed by atoms with Gasteiger partial charge in [0.2, 0.25) is 5.91 Å². The third-order valence-corrected chi connectivity index (χ3v) is 7.04. The van der Waals surface area contributed by atoms with Crippen LogP contribution in [0.15, 0.2) is 29.7 Å². The van der Waals surface area contributed by atoms with Gasteiger partial charge >= 0.3 is 5.97 Å². The monoisotopic (exact) mass is 438 g/mol. The number of carbonyl (C=O) groups excluding carboxylic acids is 2. The zero-order valence-electron chi connectivity index (χ0n) is 18.2. The summed E-state index contributed by atoms with van der Waals surface area (Å²) in [6.07, 6.45) is 5.85. The number of likely N-dealkylation sites (tertiary alicyclic amines) is 1. The normalized spacial score (nSPS) is 26.8. The molecule has 168 valence electrons. The molecule has 1 unspecified atom stereocenters. The highest BCUT2D eigenvalue weighted by atomic mass is 16.5. The van der Waals surface area contributed by atoms with Crippen LogP contribution >= 0.6 is 0 Å². The Morgan fingerprint density at radius 1 is 1.19 bits per heavy atom. The van der Waals surface area contributed by atoms with Gasteiger partial charge in [-0.25, -0.2) is 4.79 Å². The molecule has 1 N–H and O–H groups in total. The highest BCUT2D eigenvalue weighted by Gasteiger charge is 2.50. The maximum absolute atomic E-state index is 13.3. The lowest BCUT2D eigenvalue weighted by molar-refractivity contribution is -0.138. The van der Waals surface area contributed by atoms with Gasteiger partial charge in [0.05, 0.1) is 22.4 Å². The van der Waals surface area contributed by atoms with Gasteiger partial charge in [-0.2, -0.15) is 9.78 Å². The van der Waals surface area contributed by atoms with Crippen LogP contribution in [0, 0.1) is 5.41 Å². The van der Waals surface area contributed by atoms with Crippen molar-refractivity contribution in [2.75, 3.05) is 13.2 Å². The molecular weight excluding hydrogens is 412 g/mol. The van der Waals surface area contributed by atoms with Crippen LogP contribution in [-0.4, -0.2) is 66.4 Å². The second-order valence-corrected chi connectivity index (χ2v) is 8.87. The van der Waals surface area contributed by atoms with E-state index in [4.69, 9.17) is 4.74 Å². The second kappa shape index (κ2) is 8.05. The van der Waals surface area contributed by atoms with Crippen LogP contribution in [0.4, 0.5) is 0 Å². The Bertz CT molecular complexity index is 1040. The van der Waals surface area contributed by atoms with Gasteiger partial charge in [0.25, 0.3) is 0 Å². The smallest absolute Gasteiger partial charge is 0.336 e. The summed E-state index contributed by atoms with van der Waals surface area (Å²) in [6, 6.07) is 4.11. The number of ether oxygens (including phenoxy) is 1. The van der Waals surface area contributed by atoms with Crippen molar-refractivity contribution >= 4 is 11.9 Å². The number of esters is 1. The number of nitrogens with one attached hydrogen (secondary N) is 1. The molecule has 0 bridgehead atoms. The summed E-state index contributed by atoms with van der Waals surface area (Å²) >= 11 is 0. The van der Waals surface area contributed by atoms with Gasteiger partial charge in [-0.1, -0.05) is 0 Å². The molecule has 2 aromatic rings. The molecule has 1 saturated carbocycles. The number of hydrogen-bond acceptors (Lipinski definition) is 9. The molecule has 5 rings (SSSR count). The first-order valence-corrected chi connectivity index (χ1v) is 11.0. The van der Waals surface area contributed by atoms with E-state index in [-0.39, 0.29) is 29.9 Å². The lowest BCUT2D eigenvalue weighted by Crippen LogP contribution is -2.42. The van der Waals surface area contributed by atoms with Crippen LogP contribution in [0.25, 0.3) is 5.82 Å². The molecule has 1 aliphatic carbocycles. The van der Waals surface area contributed by atoms with Crippen molar-refractivity contribution in [1.82, 2.24) is 40.6 Å². The molecule has 1 atom stereocenters. The molecule has 11 heteroatoms. The first-order chi connectivity index (χ1) is 15.5. The van der Waals surface area contributed by atoms with Gasteiger partial charge in [-0.05, 0) is 68.5 Å². The van der Waals surface area contributed by atoms with Crippen LogP contribution in [0.2, 0.25) is 0 Å². The predicted molar refractivity (Wildman–Crippen MR) is 111 cm³/mol. The van der Waals surface area contributed by atoms with Gasteiger partial charge in [0, 0.05) is 18.6 Å². The highest BCUT2D eigenvalue weighted by molar-refractivity contribution is 5.94. The molecule has 1 saturated heterocycles. The molecule has 2 aliphatic heterocycles. The summed E-state index contributed by atoms with van der Waals surface area (Å²) in [5.74, 6) is 0.403. The molecule has 1 spiro atoms. The summed E-state index contributed by atoms with van der Waals surface area (Å²) < 4.78 is 6.57. The number of nitrogens with zero attached hydrogens (tertiary/aromatic N) is 7. The van der Waals surface area contributed by atoms with E-state index < -0.39 is 0 Å². The van der Waals surface area contributed by atoms with Gasteiger partial charge in [0.15, 0.2) is 5.82 Å². The number of cyclic esters (lactones) is 1. The van der Waals surface area contributed by atoms with Crippen LogP contribution < -0.4 is 5.32 Å². The minimum Gasteiger partial charge on any atom is -0.456 e. The molecule has 2 aromatic heterocycles. The topological polar surface area (TPSA) is 128 Å². The van der Waals surface area contributed by atoms with Crippen molar-refractivity contribution in [2.24, 2.45) is 5.41 Å². The summed E-state index contributed by atoms with van der Waals surface area (Å²) in [4.78, 5) is 26.8. The van der Waals surface area contributed by atoms with Crippen LogP contribution in [0.1, 0.15) is 57.7 Å². The predicted octanol–water partition coefficient (Wildman–Crippen LogP) is 1.09. The van der Waals surface area contributed by atoms with E-state index in [0.717, 1.165) is 43.5 Å². The average Bonchev–Trinajstić information content (AvgIpc) is 3.53. The number of hydrogen-bond donors (Lipinski definition) is 1. The lowest BCUT2D eigenvalue weighted by atomic mass is 9.71. The number of tetrazole rings is 1. The van der Waals surface area contributed by atoms with Crippen LogP contribution in [0.3, 0.4) is 0 Å². The Hall–Kier alpha value is -3.21. The Balaban J connectivity index is 1.18. The average molecular weight is 438 g/mol. The maximum Gasteiger partial charge on any atom is 0.336 e. The van der Waals surface area contributed by atoms with Gasteiger partial charge < -0.3 is 15.0 Å². The zero-order chi connectivity index (χ0) is 22.3. The van der Waals surface area contributed by atoms with Gasteiger partial charge in [-0.15, -0.1) is 10.2 Å². The molecule has 3 aliphatic rings. The van der Waals surface area contributed by atoms with E-state index >= 15 is 0 Å². The molecule has 4 heterocycles. The van der Waals surface area contributed by atoms with Crippen molar-refractivity contribution in [2.45, 2.75) is 58.0 Å². The number of aromatic nitrogens is 6. The van der Waals surface area contributed by atoms with E-state index in [0.29, 0.717) is 24.0 Å². The molecule has 0 aromatic carbocycles. The second-order valence-electron chi connectivity index (χ2n) is 8.87. The van der Waals surface area contributed by atoms with Crippen molar-refractivity contribution < 1.29 is 14.3 Å². The summed E-state index contributed by atoms with van der Waals surface area (Å²) in [5.41, 5.74) is 1.84. The molecule has 1 amide bonds. The van der Waals surface area contributed by atoms with Crippen molar-refractivity contribution in [3.8, 4) is 5.82 Å². The third kappa shape index (κ3) is 3.56. The van der Waals surface area contributed by atoms with E-state index in [2.05, 4.69) is 38.0 Å². The SMILES string of the molecule is CC1=C(N2CC[C@]3(CC[C@@H](NC(C)c4ccc(-n5cnnn5)nn4)CC3)C2=O)COC1=O. The number of rotatable bonds is 5. The standard InChI is InChI=1S/C21H26N8O3/c1-13-17(11-32-19(13)30)28-10-9-21(20(28)31)7-5-15(6-8-21)23-14(2)16-3-4-18(25-24-16)29-12-22-26-27-29/h3-4,12,14-15,23H,5-11H2,1-2H3/t14?,15-,21-.